The van der Waals surface area contributed by atoms with Crippen molar-refractivity contribution in [2.45, 2.75) is 26.9 Å². The van der Waals surface area contributed by atoms with E-state index < -0.39 is 0 Å². The van der Waals surface area contributed by atoms with Gasteiger partial charge < -0.3 is 5.73 Å². The summed E-state index contributed by atoms with van der Waals surface area (Å²) < 4.78 is 2.95. The second kappa shape index (κ2) is 4.05. The molecule has 0 aromatic carbocycles. The third-order valence-electron chi connectivity index (χ3n) is 1.60. The van der Waals surface area contributed by atoms with Crippen LogP contribution in [0.1, 0.15) is 19.4 Å². The van der Waals surface area contributed by atoms with Gasteiger partial charge in [-0.05, 0) is 21.8 Å². The molecule has 0 unspecified atom stereocenters. The van der Waals surface area contributed by atoms with Crippen molar-refractivity contribution in [1.82, 2.24) is 9.78 Å². The molecule has 0 aliphatic carbocycles. The highest BCUT2D eigenvalue weighted by Gasteiger charge is 2.06. The minimum atomic E-state index is 0.540. The summed E-state index contributed by atoms with van der Waals surface area (Å²) in [5.74, 6) is 0.604. The van der Waals surface area contributed by atoms with Crippen LogP contribution >= 0.6 is 15.9 Å². The first-order chi connectivity index (χ1) is 5.65. The van der Waals surface area contributed by atoms with Crippen LogP contribution in [0.5, 0.6) is 0 Å². The van der Waals surface area contributed by atoms with Crippen LogP contribution in [0.15, 0.2) is 10.8 Å². The molecule has 1 aromatic rings. The van der Waals surface area contributed by atoms with Crippen LogP contribution in [0.2, 0.25) is 0 Å². The Morgan fingerprint density at radius 3 is 2.75 bits per heavy atom. The summed E-state index contributed by atoms with van der Waals surface area (Å²) in [7, 11) is 0. The maximum absolute atomic E-state index is 5.51. The molecule has 4 heteroatoms. The maximum Gasteiger partial charge on any atom is 0.108 e. The average molecular weight is 232 g/mol. The quantitative estimate of drug-likeness (QED) is 0.862. The van der Waals surface area contributed by atoms with Crippen LogP contribution in [0.3, 0.4) is 0 Å². The fourth-order valence-electron chi connectivity index (χ4n) is 1.02. The van der Waals surface area contributed by atoms with E-state index in [4.69, 9.17) is 5.73 Å². The number of nitrogens with two attached hydrogens (primary N) is 1. The Balaban J connectivity index is 2.80. The minimum absolute atomic E-state index is 0.540. The van der Waals surface area contributed by atoms with Gasteiger partial charge in [0, 0.05) is 18.7 Å². The Labute approximate surface area is 81.1 Å². The third-order valence-corrected chi connectivity index (χ3v) is 2.52. The van der Waals surface area contributed by atoms with Crippen molar-refractivity contribution in [1.29, 1.82) is 0 Å². The standard InChI is InChI=1S/C8H14BrN3/c1-6(2)5-12-8(9)7(3-10)4-11-12/h4,6H,3,5,10H2,1-2H3. The van der Waals surface area contributed by atoms with Gasteiger partial charge in [0.2, 0.25) is 0 Å². The summed E-state index contributed by atoms with van der Waals surface area (Å²) in [6.45, 7) is 5.80. The van der Waals surface area contributed by atoms with Crippen LogP contribution in [-0.2, 0) is 13.1 Å². The number of hydrogen-bond donors (Lipinski definition) is 1. The fourth-order valence-corrected chi connectivity index (χ4v) is 1.52. The van der Waals surface area contributed by atoms with Gasteiger partial charge in [-0.2, -0.15) is 5.10 Å². The normalized spacial score (nSPS) is 11.1. The lowest BCUT2D eigenvalue weighted by molar-refractivity contribution is 0.476. The first-order valence-electron chi connectivity index (χ1n) is 4.05. The molecule has 1 rings (SSSR count). The zero-order chi connectivity index (χ0) is 9.14. The second-order valence-corrected chi connectivity index (χ2v) is 3.99. The minimum Gasteiger partial charge on any atom is -0.326 e. The first kappa shape index (κ1) is 9.74. The van der Waals surface area contributed by atoms with Crippen LogP contribution in [0.25, 0.3) is 0 Å². The first-order valence-corrected chi connectivity index (χ1v) is 4.84. The molecule has 0 aliphatic rings. The molecule has 1 aromatic heterocycles. The van der Waals surface area contributed by atoms with E-state index in [9.17, 15) is 0 Å². The van der Waals surface area contributed by atoms with Crippen molar-refractivity contribution in [3.63, 3.8) is 0 Å². The zero-order valence-corrected chi connectivity index (χ0v) is 9.00. The molecular weight excluding hydrogens is 218 g/mol. The maximum atomic E-state index is 5.51. The molecule has 1 heterocycles. The lowest BCUT2D eigenvalue weighted by Gasteiger charge is -2.06. The highest BCUT2D eigenvalue weighted by molar-refractivity contribution is 9.10. The fraction of sp³-hybridized carbons (Fsp3) is 0.625. The molecule has 0 saturated heterocycles. The number of halogens is 1. The van der Waals surface area contributed by atoms with Crippen LogP contribution < -0.4 is 5.73 Å². The number of nitrogens with zero attached hydrogens (tertiary/aromatic N) is 2. The summed E-state index contributed by atoms with van der Waals surface area (Å²) in [5, 5.41) is 4.22. The van der Waals surface area contributed by atoms with Gasteiger partial charge in [0.05, 0.1) is 6.20 Å². The predicted octanol–water partition coefficient (Wildman–Crippen LogP) is 1.76. The Hall–Kier alpha value is -0.350. The number of hydrogen-bond acceptors (Lipinski definition) is 2. The lowest BCUT2D eigenvalue weighted by Crippen LogP contribution is -2.06. The zero-order valence-electron chi connectivity index (χ0n) is 7.42. The summed E-state index contributed by atoms with van der Waals surface area (Å²) in [6, 6.07) is 0. The van der Waals surface area contributed by atoms with Gasteiger partial charge in [-0.25, -0.2) is 0 Å². The summed E-state index contributed by atoms with van der Waals surface area (Å²) in [5.41, 5.74) is 6.58. The van der Waals surface area contributed by atoms with Gasteiger partial charge in [-0.3, -0.25) is 4.68 Å². The van der Waals surface area contributed by atoms with Gasteiger partial charge in [0.15, 0.2) is 0 Å². The summed E-state index contributed by atoms with van der Waals surface area (Å²) in [4.78, 5) is 0. The average Bonchev–Trinajstić information content (AvgIpc) is 2.32. The van der Waals surface area contributed by atoms with Gasteiger partial charge in [0.1, 0.15) is 4.60 Å². The van der Waals surface area contributed by atoms with E-state index in [-0.39, 0.29) is 0 Å². The molecule has 0 bridgehead atoms. The predicted molar refractivity (Wildman–Crippen MR) is 52.7 cm³/mol. The van der Waals surface area contributed by atoms with Crippen molar-refractivity contribution in [3.05, 3.63) is 16.4 Å². The van der Waals surface area contributed by atoms with E-state index in [1.54, 1.807) is 0 Å². The number of rotatable bonds is 3. The van der Waals surface area contributed by atoms with E-state index in [1.807, 2.05) is 10.9 Å². The van der Waals surface area contributed by atoms with E-state index in [2.05, 4.69) is 34.9 Å². The largest absolute Gasteiger partial charge is 0.326 e. The molecular formula is C8H14BrN3. The van der Waals surface area contributed by atoms with Crippen molar-refractivity contribution in [2.75, 3.05) is 0 Å². The third kappa shape index (κ3) is 2.08. The summed E-state index contributed by atoms with van der Waals surface area (Å²) in [6.07, 6.45) is 1.81. The second-order valence-electron chi connectivity index (χ2n) is 3.24. The van der Waals surface area contributed by atoms with Gasteiger partial charge >= 0.3 is 0 Å². The molecule has 0 spiro atoms. The number of aromatic nitrogens is 2. The molecule has 3 nitrogen and oxygen atoms in total. The summed E-state index contributed by atoms with van der Waals surface area (Å²) >= 11 is 3.46. The molecule has 0 radical (unpaired) electrons. The molecule has 0 fully saturated rings. The van der Waals surface area contributed by atoms with Crippen LogP contribution in [0, 0.1) is 5.92 Å². The van der Waals surface area contributed by atoms with Crippen molar-refractivity contribution in [3.8, 4) is 0 Å². The molecule has 2 N–H and O–H groups in total. The topological polar surface area (TPSA) is 43.8 Å². The monoisotopic (exact) mass is 231 g/mol. The molecule has 0 saturated carbocycles. The highest BCUT2D eigenvalue weighted by Crippen LogP contribution is 2.16. The lowest BCUT2D eigenvalue weighted by atomic mass is 10.2. The molecule has 0 aliphatic heterocycles. The Bertz CT molecular complexity index is 255. The van der Waals surface area contributed by atoms with E-state index in [0.717, 1.165) is 16.7 Å². The van der Waals surface area contributed by atoms with E-state index in [0.29, 0.717) is 12.5 Å². The van der Waals surface area contributed by atoms with Gasteiger partial charge in [0.25, 0.3) is 0 Å². The van der Waals surface area contributed by atoms with Crippen molar-refractivity contribution >= 4 is 15.9 Å². The Kier molecular flexibility index (Phi) is 3.29. The smallest absolute Gasteiger partial charge is 0.108 e. The molecule has 0 amide bonds. The Morgan fingerprint density at radius 2 is 2.33 bits per heavy atom. The van der Waals surface area contributed by atoms with Crippen molar-refractivity contribution < 1.29 is 0 Å². The van der Waals surface area contributed by atoms with Crippen LogP contribution in [-0.4, -0.2) is 9.78 Å². The van der Waals surface area contributed by atoms with E-state index in [1.165, 1.54) is 0 Å². The van der Waals surface area contributed by atoms with Crippen LogP contribution in [0.4, 0.5) is 0 Å². The molecule has 68 valence electrons. The van der Waals surface area contributed by atoms with Gasteiger partial charge in [-0.15, -0.1) is 0 Å². The molecule has 12 heavy (non-hydrogen) atoms. The Morgan fingerprint density at radius 1 is 1.67 bits per heavy atom. The van der Waals surface area contributed by atoms with Gasteiger partial charge in [-0.1, -0.05) is 13.8 Å². The molecule has 0 atom stereocenters. The SMILES string of the molecule is CC(C)Cn1ncc(CN)c1Br. The van der Waals surface area contributed by atoms with E-state index >= 15 is 0 Å². The van der Waals surface area contributed by atoms with Crippen molar-refractivity contribution in [2.24, 2.45) is 11.7 Å². The highest BCUT2D eigenvalue weighted by atomic mass is 79.9.